The quantitative estimate of drug-likeness (QED) is 0.541. The normalized spacial score (nSPS) is 48.2. The zero-order valence-electron chi connectivity index (χ0n) is 8.09. The molecule has 0 heterocycles. The summed E-state index contributed by atoms with van der Waals surface area (Å²) < 4.78 is 0. The zero-order valence-corrected chi connectivity index (χ0v) is 8.09. The van der Waals surface area contributed by atoms with Crippen LogP contribution in [-0.4, -0.2) is 16.0 Å². The van der Waals surface area contributed by atoms with Gasteiger partial charge in [-0.2, -0.15) is 0 Å². The number of aliphatic hydroxyl groups is 2. The van der Waals surface area contributed by atoms with Crippen LogP contribution in [0.15, 0.2) is 0 Å². The van der Waals surface area contributed by atoms with E-state index in [1.165, 1.54) is 0 Å². The van der Waals surface area contributed by atoms with Gasteiger partial charge in [0, 0.05) is 11.3 Å². The molecule has 0 aromatic heterocycles. The van der Waals surface area contributed by atoms with Crippen molar-refractivity contribution >= 4 is 0 Å². The predicted octanol–water partition coefficient (Wildman–Crippen LogP) is 1.51. The highest BCUT2D eigenvalue weighted by molar-refractivity contribution is 5.12. The Kier molecular flexibility index (Phi) is 1.33. The molecule has 2 nitrogen and oxygen atoms in total. The highest BCUT2D eigenvalue weighted by Gasteiger charge is 2.67. The van der Waals surface area contributed by atoms with Crippen molar-refractivity contribution in [2.45, 2.75) is 45.8 Å². The first-order valence-electron chi connectivity index (χ1n) is 4.76. The third kappa shape index (κ3) is 0.647. The summed E-state index contributed by atoms with van der Waals surface area (Å²) in [5, 5.41) is 19.9. The Labute approximate surface area is 73.6 Å². The van der Waals surface area contributed by atoms with Gasteiger partial charge in [0.05, 0.1) is 0 Å². The van der Waals surface area contributed by atoms with Gasteiger partial charge in [-0.15, -0.1) is 0 Å². The fourth-order valence-electron chi connectivity index (χ4n) is 3.11. The van der Waals surface area contributed by atoms with Crippen LogP contribution in [0.5, 0.6) is 0 Å². The first-order valence-corrected chi connectivity index (χ1v) is 4.76. The molecule has 2 N–H and O–H groups in total. The minimum atomic E-state index is -1.43. The van der Waals surface area contributed by atoms with Gasteiger partial charge in [-0.25, -0.2) is 0 Å². The van der Waals surface area contributed by atoms with Crippen molar-refractivity contribution in [1.82, 2.24) is 0 Å². The van der Waals surface area contributed by atoms with E-state index in [9.17, 15) is 10.2 Å². The van der Waals surface area contributed by atoms with Crippen LogP contribution in [0.1, 0.15) is 40.0 Å². The Morgan fingerprint density at radius 1 is 1.17 bits per heavy atom. The Bertz CT molecular complexity index is 213. The molecule has 12 heavy (non-hydrogen) atoms. The average Bonchev–Trinajstić information content (AvgIpc) is 2.36. The van der Waals surface area contributed by atoms with Crippen molar-refractivity contribution in [1.29, 1.82) is 0 Å². The lowest BCUT2D eigenvalue weighted by atomic mass is 9.63. The first-order chi connectivity index (χ1) is 5.31. The molecule has 2 saturated carbocycles. The van der Waals surface area contributed by atoms with E-state index in [1.807, 2.05) is 13.8 Å². The smallest absolute Gasteiger partial charge is 0.171 e. The molecule has 0 aliphatic heterocycles. The number of rotatable bonds is 0. The van der Waals surface area contributed by atoms with Gasteiger partial charge in [-0.3, -0.25) is 0 Å². The van der Waals surface area contributed by atoms with Crippen molar-refractivity contribution < 1.29 is 10.2 Å². The predicted molar refractivity (Wildman–Crippen MR) is 46.4 cm³/mol. The highest BCUT2D eigenvalue weighted by atomic mass is 16.5. The van der Waals surface area contributed by atoms with Gasteiger partial charge in [0.1, 0.15) is 0 Å². The van der Waals surface area contributed by atoms with E-state index >= 15 is 0 Å². The molecular formula is C10H18O2. The SMILES string of the molecule is CC12CCC(C1)C(O)(O)C2(C)C. The first kappa shape index (κ1) is 8.52. The minimum absolute atomic E-state index is 0.109. The van der Waals surface area contributed by atoms with Crippen LogP contribution in [0.4, 0.5) is 0 Å². The van der Waals surface area contributed by atoms with E-state index in [-0.39, 0.29) is 16.7 Å². The van der Waals surface area contributed by atoms with Gasteiger partial charge in [0.2, 0.25) is 0 Å². The van der Waals surface area contributed by atoms with Crippen LogP contribution in [0, 0.1) is 16.7 Å². The standard InChI is InChI=1S/C10H18O2/c1-8(2)9(3)5-4-7(6-9)10(8,11)12/h7,11-12H,4-6H2,1-3H3. The van der Waals surface area contributed by atoms with Crippen LogP contribution in [0.2, 0.25) is 0 Å². The fourth-order valence-corrected chi connectivity index (χ4v) is 3.11. The van der Waals surface area contributed by atoms with Crippen LogP contribution < -0.4 is 0 Å². The monoisotopic (exact) mass is 170 g/mol. The Hall–Kier alpha value is -0.0800. The van der Waals surface area contributed by atoms with Crippen molar-refractivity contribution in [2.24, 2.45) is 16.7 Å². The van der Waals surface area contributed by atoms with Gasteiger partial charge in [-0.1, -0.05) is 20.8 Å². The van der Waals surface area contributed by atoms with Crippen molar-refractivity contribution in [3.63, 3.8) is 0 Å². The third-order valence-corrected chi connectivity index (χ3v) is 4.74. The third-order valence-electron chi connectivity index (χ3n) is 4.74. The lowest BCUT2D eigenvalue weighted by molar-refractivity contribution is -0.269. The summed E-state index contributed by atoms with van der Waals surface area (Å²) in [5.74, 6) is -1.32. The molecule has 2 aliphatic rings. The highest BCUT2D eigenvalue weighted by Crippen LogP contribution is 2.67. The maximum Gasteiger partial charge on any atom is 0.171 e. The fraction of sp³-hybridized carbons (Fsp3) is 1.00. The second kappa shape index (κ2) is 1.88. The topological polar surface area (TPSA) is 40.5 Å². The summed E-state index contributed by atoms with van der Waals surface area (Å²) in [7, 11) is 0. The van der Waals surface area contributed by atoms with E-state index in [2.05, 4.69) is 6.92 Å². The molecule has 2 atom stereocenters. The minimum Gasteiger partial charge on any atom is -0.365 e. The van der Waals surface area contributed by atoms with E-state index in [0.717, 1.165) is 19.3 Å². The van der Waals surface area contributed by atoms with Crippen molar-refractivity contribution in [2.75, 3.05) is 0 Å². The molecular weight excluding hydrogens is 152 g/mol. The second-order valence-corrected chi connectivity index (χ2v) is 5.35. The molecule has 0 radical (unpaired) electrons. The maximum absolute atomic E-state index is 9.93. The molecule has 0 spiro atoms. The maximum atomic E-state index is 9.93. The average molecular weight is 170 g/mol. The van der Waals surface area contributed by atoms with Crippen LogP contribution in [-0.2, 0) is 0 Å². The van der Waals surface area contributed by atoms with E-state index < -0.39 is 5.79 Å². The van der Waals surface area contributed by atoms with Crippen molar-refractivity contribution in [3.8, 4) is 0 Å². The lowest BCUT2D eigenvalue weighted by Gasteiger charge is -2.47. The Morgan fingerprint density at radius 3 is 2.00 bits per heavy atom. The summed E-state index contributed by atoms with van der Waals surface area (Å²) in [4.78, 5) is 0. The molecule has 2 fully saturated rings. The lowest BCUT2D eigenvalue weighted by Crippen LogP contribution is -2.52. The van der Waals surface area contributed by atoms with E-state index in [0.29, 0.717) is 0 Å². The summed E-state index contributed by atoms with van der Waals surface area (Å²) in [6, 6.07) is 0. The molecule has 70 valence electrons. The molecule has 2 heteroatoms. The molecule has 0 saturated heterocycles. The molecule has 0 aromatic rings. The summed E-state index contributed by atoms with van der Waals surface area (Å²) in [5.41, 5.74) is -0.204. The number of hydrogen-bond acceptors (Lipinski definition) is 2. The van der Waals surface area contributed by atoms with E-state index in [4.69, 9.17) is 0 Å². The molecule has 2 aliphatic carbocycles. The Morgan fingerprint density at radius 2 is 1.75 bits per heavy atom. The zero-order chi connectivity index (χ0) is 9.20. The molecule has 2 bridgehead atoms. The summed E-state index contributed by atoms with van der Waals surface area (Å²) in [6.45, 7) is 6.14. The van der Waals surface area contributed by atoms with E-state index in [1.54, 1.807) is 0 Å². The molecule has 0 amide bonds. The largest absolute Gasteiger partial charge is 0.365 e. The van der Waals surface area contributed by atoms with Gasteiger partial charge >= 0.3 is 0 Å². The van der Waals surface area contributed by atoms with Gasteiger partial charge in [0.25, 0.3) is 0 Å². The summed E-state index contributed by atoms with van der Waals surface area (Å²) >= 11 is 0. The summed E-state index contributed by atoms with van der Waals surface area (Å²) in [6.07, 6.45) is 3.10. The second-order valence-electron chi connectivity index (χ2n) is 5.35. The van der Waals surface area contributed by atoms with Crippen LogP contribution >= 0.6 is 0 Å². The number of hydrogen-bond donors (Lipinski definition) is 2. The van der Waals surface area contributed by atoms with Crippen LogP contribution in [0.25, 0.3) is 0 Å². The van der Waals surface area contributed by atoms with Gasteiger partial charge in [0.15, 0.2) is 5.79 Å². The molecule has 2 rings (SSSR count). The van der Waals surface area contributed by atoms with Crippen LogP contribution in [0.3, 0.4) is 0 Å². The van der Waals surface area contributed by atoms with Gasteiger partial charge in [-0.05, 0) is 24.7 Å². The number of fused-ring (bicyclic) bond motifs is 2. The molecule has 2 unspecified atom stereocenters. The van der Waals surface area contributed by atoms with Crippen molar-refractivity contribution in [3.05, 3.63) is 0 Å². The molecule has 0 aromatic carbocycles. The Balaban J connectivity index is 2.46. The van der Waals surface area contributed by atoms with Gasteiger partial charge < -0.3 is 10.2 Å².